The van der Waals surface area contributed by atoms with Gasteiger partial charge in [0.1, 0.15) is 5.75 Å². The Morgan fingerprint density at radius 3 is 2.41 bits per heavy atom. The molecule has 1 atom stereocenters. The molecule has 1 N–H and O–H groups in total. The van der Waals surface area contributed by atoms with Crippen molar-refractivity contribution in [3.63, 3.8) is 0 Å². The number of halogens is 2. The Morgan fingerprint density at radius 2 is 1.82 bits per heavy atom. The topological polar surface area (TPSA) is 38.3 Å². The molecule has 2 rings (SSSR count). The van der Waals surface area contributed by atoms with E-state index in [4.69, 9.17) is 27.9 Å². The number of carbonyl (C=O) groups is 1. The van der Waals surface area contributed by atoms with Gasteiger partial charge in [0, 0.05) is 10.6 Å². The number of hydrogen-bond acceptors (Lipinski definition) is 3. The summed E-state index contributed by atoms with van der Waals surface area (Å²) in [4.78, 5) is 13.2. The largest absolute Gasteiger partial charge is 0.497 e. The molecule has 0 aliphatic rings. The number of methoxy groups -OCH3 is 1. The number of thioether (sulfide) groups is 1. The highest BCUT2D eigenvalue weighted by atomic mass is 35.5. The number of hydrogen-bond donors (Lipinski definition) is 1. The Balaban J connectivity index is 1.97. The van der Waals surface area contributed by atoms with Crippen LogP contribution >= 0.6 is 35.0 Å². The molecule has 0 unspecified atom stereocenters. The van der Waals surface area contributed by atoms with Crippen LogP contribution in [-0.2, 0) is 4.79 Å². The Kier molecular flexibility index (Phi) is 6.00. The first-order valence-electron chi connectivity index (χ1n) is 6.56. The molecule has 0 aromatic heterocycles. The minimum Gasteiger partial charge on any atom is -0.497 e. The third-order valence-corrected chi connectivity index (χ3v) is 4.78. The molecule has 116 valence electrons. The van der Waals surface area contributed by atoms with E-state index < -0.39 is 0 Å². The van der Waals surface area contributed by atoms with E-state index in [0.717, 1.165) is 10.6 Å². The molecule has 0 aliphatic heterocycles. The maximum Gasteiger partial charge on any atom is 0.237 e. The summed E-state index contributed by atoms with van der Waals surface area (Å²) < 4.78 is 5.11. The molecule has 0 aliphatic carbocycles. The average molecular weight is 356 g/mol. The van der Waals surface area contributed by atoms with E-state index in [0.29, 0.717) is 15.7 Å². The number of amides is 1. The summed E-state index contributed by atoms with van der Waals surface area (Å²) in [5.74, 6) is 0.691. The van der Waals surface area contributed by atoms with Gasteiger partial charge < -0.3 is 10.1 Å². The standard InChI is InChI=1S/C16H15Cl2NO2S/c1-10(22-13-6-4-12(21-2)5-7-13)16(20)19-11-3-8-14(17)15(18)9-11/h3-10H,1-2H3,(H,19,20)/t10-/m0/s1. The van der Waals surface area contributed by atoms with Gasteiger partial charge in [0.05, 0.1) is 22.4 Å². The van der Waals surface area contributed by atoms with E-state index in [1.54, 1.807) is 25.3 Å². The van der Waals surface area contributed by atoms with E-state index in [1.165, 1.54) is 11.8 Å². The molecule has 6 heteroatoms. The second kappa shape index (κ2) is 7.77. The summed E-state index contributed by atoms with van der Waals surface area (Å²) >= 11 is 13.3. The van der Waals surface area contributed by atoms with Gasteiger partial charge >= 0.3 is 0 Å². The van der Waals surface area contributed by atoms with Gasteiger partial charge in [-0.3, -0.25) is 4.79 Å². The summed E-state index contributed by atoms with van der Waals surface area (Å²) in [6, 6.07) is 12.6. The lowest BCUT2D eigenvalue weighted by atomic mass is 10.3. The SMILES string of the molecule is COc1ccc(S[C@@H](C)C(=O)Nc2ccc(Cl)c(Cl)c2)cc1. The lowest BCUT2D eigenvalue weighted by Crippen LogP contribution is -2.22. The van der Waals surface area contributed by atoms with Gasteiger partial charge in [0.15, 0.2) is 0 Å². The van der Waals surface area contributed by atoms with Crippen molar-refractivity contribution in [2.75, 3.05) is 12.4 Å². The zero-order valence-electron chi connectivity index (χ0n) is 12.1. The fourth-order valence-electron chi connectivity index (χ4n) is 1.73. The second-order valence-electron chi connectivity index (χ2n) is 4.55. The van der Waals surface area contributed by atoms with E-state index >= 15 is 0 Å². The molecule has 0 spiro atoms. The minimum absolute atomic E-state index is 0.0980. The smallest absolute Gasteiger partial charge is 0.237 e. The molecule has 2 aromatic rings. The Bertz CT molecular complexity index is 662. The molecule has 0 saturated carbocycles. The molecular formula is C16H15Cl2NO2S. The predicted octanol–water partition coefficient (Wildman–Crippen LogP) is 5.12. The van der Waals surface area contributed by atoms with Crippen molar-refractivity contribution in [3.05, 3.63) is 52.5 Å². The fraction of sp³-hybridized carbons (Fsp3) is 0.188. The maximum atomic E-state index is 12.2. The lowest BCUT2D eigenvalue weighted by molar-refractivity contribution is -0.115. The van der Waals surface area contributed by atoms with Gasteiger partial charge in [-0.1, -0.05) is 23.2 Å². The molecule has 0 heterocycles. The summed E-state index contributed by atoms with van der Waals surface area (Å²) in [6.45, 7) is 1.85. The van der Waals surface area contributed by atoms with Crippen molar-refractivity contribution in [2.45, 2.75) is 17.1 Å². The van der Waals surface area contributed by atoms with Gasteiger partial charge in [0.25, 0.3) is 0 Å². The average Bonchev–Trinajstić information content (AvgIpc) is 2.51. The molecule has 22 heavy (non-hydrogen) atoms. The number of carbonyl (C=O) groups excluding carboxylic acids is 1. The van der Waals surface area contributed by atoms with Crippen molar-refractivity contribution >= 4 is 46.6 Å². The van der Waals surface area contributed by atoms with Crippen LogP contribution in [0.1, 0.15) is 6.92 Å². The molecule has 0 fully saturated rings. The Labute approximate surface area is 144 Å². The molecule has 0 radical (unpaired) electrons. The van der Waals surface area contributed by atoms with Crippen LogP contribution in [0.2, 0.25) is 10.0 Å². The summed E-state index contributed by atoms with van der Waals surface area (Å²) in [5, 5.41) is 3.45. The van der Waals surface area contributed by atoms with Crippen LogP contribution in [0.5, 0.6) is 5.75 Å². The highest BCUT2D eigenvalue weighted by Gasteiger charge is 2.15. The van der Waals surface area contributed by atoms with Gasteiger partial charge in [-0.05, 0) is 49.4 Å². The van der Waals surface area contributed by atoms with Crippen molar-refractivity contribution < 1.29 is 9.53 Å². The molecule has 2 aromatic carbocycles. The molecule has 1 amide bonds. The van der Waals surface area contributed by atoms with Crippen molar-refractivity contribution in [1.82, 2.24) is 0 Å². The zero-order valence-corrected chi connectivity index (χ0v) is 14.4. The van der Waals surface area contributed by atoms with Gasteiger partial charge in [0.2, 0.25) is 5.91 Å². The first-order valence-corrected chi connectivity index (χ1v) is 8.20. The predicted molar refractivity (Wildman–Crippen MR) is 93.4 cm³/mol. The Morgan fingerprint density at radius 1 is 1.14 bits per heavy atom. The Hall–Kier alpha value is -1.36. The molecular weight excluding hydrogens is 341 g/mol. The first-order chi connectivity index (χ1) is 10.5. The van der Waals surface area contributed by atoms with Gasteiger partial charge in [-0.2, -0.15) is 0 Å². The third-order valence-electron chi connectivity index (χ3n) is 2.93. The van der Waals surface area contributed by atoms with Crippen LogP contribution in [0, 0.1) is 0 Å². The van der Waals surface area contributed by atoms with Gasteiger partial charge in [-0.25, -0.2) is 0 Å². The van der Waals surface area contributed by atoms with Crippen LogP contribution < -0.4 is 10.1 Å². The summed E-state index contributed by atoms with van der Waals surface area (Å²) in [6.07, 6.45) is 0. The highest BCUT2D eigenvalue weighted by molar-refractivity contribution is 8.00. The summed E-state index contributed by atoms with van der Waals surface area (Å²) in [5.41, 5.74) is 0.626. The van der Waals surface area contributed by atoms with Crippen LogP contribution in [0.15, 0.2) is 47.4 Å². The van der Waals surface area contributed by atoms with Crippen LogP contribution in [0.4, 0.5) is 5.69 Å². The molecule has 3 nitrogen and oxygen atoms in total. The highest BCUT2D eigenvalue weighted by Crippen LogP contribution is 2.28. The number of benzene rings is 2. The fourth-order valence-corrected chi connectivity index (χ4v) is 2.90. The summed E-state index contributed by atoms with van der Waals surface area (Å²) in [7, 11) is 1.62. The van der Waals surface area contributed by atoms with Crippen molar-refractivity contribution in [2.24, 2.45) is 0 Å². The minimum atomic E-state index is -0.247. The third kappa shape index (κ3) is 4.57. The molecule has 0 saturated heterocycles. The quantitative estimate of drug-likeness (QED) is 0.756. The number of nitrogens with one attached hydrogen (secondary N) is 1. The normalized spacial score (nSPS) is 11.8. The van der Waals surface area contributed by atoms with E-state index in [2.05, 4.69) is 5.32 Å². The van der Waals surface area contributed by atoms with Crippen LogP contribution in [0.25, 0.3) is 0 Å². The van der Waals surface area contributed by atoms with E-state index in [-0.39, 0.29) is 11.2 Å². The maximum absolute atomic E-state index is 12.2. The van der Waals surface area contributed by atoms with E-state index in [9.17, 15) is 4.79 Å². The zero-order chi connectivity index (χ0) is 16.1. The first kappa shape index (κ1) is 17.0. The monoisotopic (exact) mass is 355 g/mol. The number of rotatable bonds is 5. The van der Waals surface area contributed by atoms with Crippen LogP contribution in [-0.4, -0.2) is 18.3 Å². The van der Waals surface area contributed by atoms with E-state index in [1.807, 2.05) is 31.2 Å². The van der Waals surface area contributed by atoms with Crippen molar-refractivity contribution in [1.29, 1.82) is 0 Å². The second-order valence-corrected chi connectivity index (χ2v) is 6.78. The molecule has 0 bridgehead atoms. The number of ether oxygens (including phenoxy) is 1. The van der Waals surface area contributed by atoms with Crippen molar-refractivity contribution in [3.8, 4) is 5.75 Å². The lowest BCUT2D eigenvalue weighted by Gasteiger charge is -2.12. The van der Waals surface area contributed by atoms with Crippen LogP contribution in [0.3, 0.4) is 0 Å². The number of anilines is 1. The van der Waals surface area contributed by atoms with Gasteiger partial charge in [-0.15, -0.1) is 11.8 Å².